The first kappa shape index (κ1) is 16.1. The zero-order valence-corrected chi connectivity index (χ0v) is 13.3. The highest BCUT2D eigenvalue weighted by Crippen LogP contribution is 2.22. The highest BCUT2D eigenvalue weighted by molar-refractivity contribution is 5.51. The average molecular weight is 291 g/mol. The number of anilines is 1. The number of piperazine rings is 1. The SMILES string of the molecule is COc1cccc(N2CCN(CCCCCCN)CC2)c1. The van der Waals surface area contributed by atoms with Gasteiger partial charge in [0, 0.05) is 37.9 Å². The van der Waals surface area contributed by atoms with Crippen molar-refractivity contribution in [3.8, 4) is 5.75 Å². The molecule has 2 N–H and O–H groups in total. The van der Waals surface area contributed by atoms with E-state index in [-0.39, 0.29) is 0 Å². The molecule has 1 saturated heterocycles. The quantitative estimate of drug-likeness (QED) is 0.747. The van der Waals surface area contributed by atoms with Crippen LogP contribution in [-0.4, -0.2) is 51.3 Å². The second kappa shape index (κ2) is 8.90. The molecule has 0 spiro atoms. The Morgan fingerprint density at radius 1 is 1.05 bits per heavy atom. The number of ether oxygens (including phenoxy) is 1. The summed E-state index contributed by atoms with van der Waals surface area (Å²) in [4.78, 5) is 5.03. The minimum absolute atomic E-state index is 0.833. The summed E-state index contributed by atoms with van der Waals surface area (Å²) in [7, 11) is 1.72. The fraction of sp³-hybridized carbons (Fsp3) is 0.647. The molecule has 1 aliphatic rings. The van der Waals surface area contributed by atoms with Crippen LogP contribution >= 0.6 is 0 Å². The third-order valence-electron chi connectivity index (χ3n) is 4.22. The summed E-state index contributed by atoms with van der Waals surface area (Å²) in [6.45, 7) is 6.60. The van der Waals surface area contributed by atoms with Crippen molar-refractivity contribution in [3.63, 3.8) is 0 Å². The summed E-state index contributed by atoms with van der Waals surface area (Å²) in [5.74, 6) is 0.940. The topological polar surface area (TPSA) is 41.7 Å². The molecule has 0 saturated carbocycles. The summed E-state index contributed by atoms with van der Waals surface area (Å²) in [5, 5.41) is 0. The lowest BCUT2D eigenvalue weighted by Gasteiger charge is -2.36. The van der Waals surface area contributed by atoms with E-state index in [1.807, 2.05) is 6.07 Å². The minimum Gasteiger partial charge on any atom is -0.497 e. The van der Waals surface area contributed by atoms with Crippen LogP contribution in [0.1, 0.15) is 25.7 Å². The van der Waals surface area contributed by atoms with Gasteiger partial charge >= 0.3 is 0 Å². The van der Waals surface area contributed by atoms with Gasteiger partial charge in [-0.2, -0.15) is 0 Å². The molecule has 0 atom stereocenters. The van der Waals surface area contributed by atoms with Crippen molar-refractivity contribution in [1.82, 2.24) is 4.90 Å². The second-order valence-electron chi connectivity index (χ2n) is 5.73. The van der Waals surface area contributed by atoms with Gasteiger partial charge in [0.05, 0.1) is 7.11 Å². The molecule has 1 aromatic rings. The lowest BCUT2D eigenvalue weighted by molar-refractivity contribution is 0.252. The number of nitrogens with zero attached hydrogens (tertiary/aromatic N) is 2. The van der Waals surface area contributed by atoms with Crippen LogP contribution in [0.5, 0.6) is 5.75 Å². The van der Waals surface area contributed by atoms with Gasteiger partial charge in [0.25, 0.3) is 0 Å². The van der Waals surface area contributed by atoms with Gasteiger partial charge in [0.1, 0.15) is 5.75 Å². The van der Waals surface area contributed by atoms with E-state index in [4.69, 9.17) is 10.5 Å². The van der Waals surface area contributed by atoms with Crippen LogP contribution in [0.15, 0.2) is 24.3 Å². The summed E-state index contributed by atoms with van der Waals surface area (Å²) in [6.07, 6.45) is 5.07. The molecule has 21 heavy (non-hydrogen) atoms. The molecular weight excluding hydrogens is 262 g/mol. The van der Waals surface area contributed by atoms with Gasteiger partial charge < -0.3 is 15.4 Å². The predicted molar refractivity (Wildman–Crippen MR) is 89.2 cm³/mol. The first-order valence-electron chi connectivity index (χ1n) is 8.15. The second-order valence-corrected chi connectivity index (χ2v) is 5.73. The van der Waals surface area contributed by atoms with E-state index in [2.05, 4.69) is 28.0 Å². The maximum Gasteiger partial charge on any atom is 0.120 e. The van der Waals surface area contributed by atoms with E-state index in [1.165, 1.54) is 37.9 Å². The molecule has 118 valence electrons. The Balaban J connectivity index is 1.70. The number of methoxy groups -OCH3 is 1. The van der Waals surface area contributed by atoms with E-state index in [9.17, 15) is 0 Å². The molecule has 4 nitrogen and oxygen atoms in total. The lowest BCUT2D eigenvalue weighted by atomic mass is 10.1. The van der Waals surface area contributed by atoms with Gasteiger partial charge in [0.15, 0.2) is 0 Å². The molecule has 0 amide bonds. The van der Waals surface area contributed by atoms with Crippen molar-refractivity contribution in [3.05, 3.63) is 24.3 Å². The molecule has 0 radical (unpaired) electrons. The summed E-state index contributed by atoms with van der Waals surface area (Å²) in [6, 6.07) is 8.37. The van der Waals surface area contributed by atoms with Gasteiger partial charge in [-0.1, -0.05) is 18.9 Å². The predicted octanol–water partition coefficient (Wildman–Crippen LogP) is 2.34. The van der Waals surface area contributed by atoms with Crippen LogP contribution in [0.3, 0.4) is 0 Å². The first-order chi connectivity index (χ1) is 10.3. The number of hydrogen-bond acceptors (Lipinski definition) is 4. The first-order valence-corrected chi connectivity index (χ1v) is 8.15. The highest BCUT2D eigenvalue weighted by Gasteiger charge is 2.16. The number of hydrogen-bond donors (Lipinski definition) is 1. The third kappa shape index (κ3) is 5.21. The molecule has 1 aliphatic heterocycles. The fourth-order valence-corrected chi connectivity index (χ4v) is 2.87. The Bertz CT molecular complexity index is 403. The fourth-order valence-electron chi connectivity index (χ4n) is 2.87. The summed E-state index contributed by atoms with van der Waals surface area (Å²) in [5.41, 5.74) is 6.79. The van der Waals surface area contributed by atoms with Crippen LogP contribution in [-0.2, 0) is 0 Å². The van der Waals surface area contributed by atoms with Gasteiger partial charge in [-0.3, -0.25) is 4.90 Å². The molecule has 1 aromatic carbocycles. The maximum atomic E-state index is 5.52. The van der Waals surface area contributed by atoms with Crippen molar-refractivity contribution in [2.75, 3.05) is 51.3 Å². The largest absolute Gasteiger partial charge is 0.497 e. The Labute approximate surface area is 128 Å². The number of benzene rings is 1. The molecule has 1 heterocycles. The Morgan fingerprint density at radius 2 is 1.81 bits per heavy atom. The lowest BCUT2D eigenvalue weighted by Crippen LogP contribution is -2.46. The molecule has 2 rings (SSSR count). The third-order valence-corrected chi connectivity index (χ3v) is 4.22. The van der Waals surface area contributed by atoms with Gasteiger partial charge in [0.2, 0.25) is 0 Å². The van der Waals surface area contributed by atoms with Crippen molar-refractivity contribution in [1.29, 1.82) is 0 Å². The van der Waals surface area contributed by atoms with Gasteiger partial charge in [-0.25, -0.2) is 0 Å². The van der Waals surface area contributed by atoms with Crippen LogP contribution in [0, 0.1) is 0 Å². The molecule has 0 unspecified atom stereocenters. The minimum atomic E-state index is 0.833. The van der Waals surface area contributed by atoms with Crippen molar-refractivity contribution < 1.29 is 4.74 Å². The van der Waals surface area contributed by atoms with Crippen LogP contribution in [0.2, 0.25) is 0 Å². The van der Waals surface area contributed by atoms with E-state index in [0.717, 1.165) is 38.5 Å². The molecular formula is C17H29N3O. The van der Waals surface area contributed by atoms with E-state index in [1.54, 1.807) is 7.11 Å². The molecule has 4 heteroatoms. The summed E-state index contributed by atoms with van der Waals surface area (Å²) >= 11 is 0. The van der Waals surface area contributed by atoms with Crippen molar-refractivity contribution in [2.24, 2.45) is 5.73 Å². The van der Waals surface area contributed by atoms with E-state index < -0.39 is 0 Å². The molecule has 1 fully saturated rings. The number of unbranched alkanes of at least 4 members (excludes halogenated alkanes) is 3. The Kier molecular flexibility index (Phi) is 6.83. The van der Waals surface area contributed by atoms with Crippen molar-refractivity contribution >= 4 is 5.69 Å². The number of nitrogens with two attached hydrogens (primary N) is 1. The van der Waals surface area contributed by atoms with Crippen LogP contribution in [0.25, 0.3) is 0 Å². The van der Waals surface area contributed by atoms with Crippen molar-refractivity contribution in [2.45, 2.75) is 25.7 Å². The summed E-state index contributed by atoms with van der Waals surface area (Å²) < 4.78 is 5.31. The zero-order valence-electron chi connectivity index (χ0n) is 13.3. The average Bonchev–Trinajstić information content (AvgIpc) is 2.55. The van der Waals surface area contributed by atoms with Crippen LogP contribution < -0.4 is 15.4 Å². The maximum absolute atomic E-state index is 5.52. The van der Waals surface area contributed by atoms with Gasteiger partial charge in [-0.15, -0.1) is 0 Å². The zero-order chi connectivity index (χ0) is 14.9. The highest BCUT2D eigenvalue weighted by atomic mass is 16.5. The smallest absolute Gasteiger partial charge is 0.120 e. The number of rotatable bonds is 8. The standard InChI is InChI=1S/C17H29N3O/c1-21-17-8-6-7-16(15-17)20-13-11-19(12-14-20)10-5-3-2-4-9-18/h6-8,15H,2-5,9-14,18H2,1H3. The van der Waals surface area contributed by atoms with E-state index in [0.29, 0.717) is 0 Å². The normalized spacial score (nSPS) is 16.2. The molecule has 0 aromatic heterocycles. The molecule has 0 bridgehead atoms. The van der Waals surface area contributed by atoms with Gasteiger partial charge in [-0.05, 0) is 38.1 Å². The molecule has 0 aliphatic carbocycles. The Morgan fingerprint density at radius 3 is 2.52 bits per heavy atom. The van der Waals surface area contributed by atoms with Crippen LogP contribution in [0.4, 0.5) is 5.69 Å². The Hall–Kier alpha value is -1.26. The monoisotopic (exact) mass is 291 g/mol. The van der Waals surface area contributed by atoms with E-state index >= 15 is 0 Å².